The number of nitrogens with zero attached hydrogens (tertiary/aromatic N) is 5. The Balaban J connectivity index is 1.29. The van der Waals surface area contributed by atoms with Crippen molar-refractivity contribution < 1.29 is 4.79 Å². The summed E-state index contributed by atoms with van der Waals surface area (Å²) in [6.45, 7) is 3.57. The van der Waals surface area contributed by atoms with Gasteiger partial charge in [0.15, 0.2) is 5.82 Å². The maximum atomic E-state index is 12.6. The van der Waals surface area contributed by atoms with Gasteiger partial charge in [-0.2, -0.15) is 0 Å². The topological polar surface area (TPSA) is 75.9 Å². The maximum Gasteiger partial charge on any atom is 0.230 e. The molecule has 4 rings (SSSR count). The van der Waals surface area contributed by atoms with E-state index in [1.54, 1.807) is 4.68 Å². The molecule has 1 aromatic carbocycles. The SMILES string of the molecule is O=C(NCCCN1CCCc2ccccc21)[C@H]1CCCCn2nnnc21. The van der Waals surface area contributed by atoms with Crippen molar-refractivity contribution in [2.24, 2.45) is 0 Å². The lowest BCUT2D eigenvalue weighted by molar-refractivity contribution is -0.122. The van der Waals surface area contributed by atoms with Gasteiger partial charge in [0.1, 0.15) is 0 Å². The number of hydrogen-bond acceptors (Lipinski definition) is 5. The second-order valence-corrected chi connectivity index (χ2v) is 7.17. The van der Waals surface area contributed by atoms with Gasteiger partial charge in [-0.25, -0.2) is 4.68 Å². The monoisotopic (exact) mass is 354 g/mol. The van der Waals surface area contributed by atoms with Crippen molar-refractivity contribution in [3.05, 3.63) is 35.7 Å². The van der Waals surface area contributed by atoms with Gasteiger partial charge in [-0.15, -0.1) is 5.10 Å². The number of aryl methyl sites for hydroxylation is 2. The molecule has 2 aromatic rings. The molecule has 3 heterocycles. The molecule has 0 bridgehead atoms. The predicted octanol–water partition coefficient (Wildman–Crippen LogP) is 1.90. The zero-order valence-electron chi connectivity index (χ0n) is 15.1. The highest BCUT2D eigenvalue weighted by Crippen LogP contribution is 2.27. The first-order valence-electron chi connectivity index (χ1n) is 9.69. The number of fused-ring (bicyclic) bond motifs is 2. The molecule has 7 heteroatoms. The summed E-state index contributed by atoms with van der Waals surface area (Å²) in [6.07, 6.45) is 6.18. The molecule has 1 amide bonds. The lowest BCUT2D eigenvalue weighted by Gasteiger charge is -2.31. The molecule has 0 saturated heterocycles. The van der Waals surface area contributed by atoms with Crippen molar-refractivity contribution in [2.75, 3.05) is 24.5 Å². The molecule has 26 heavy (non-hydrogen) atoms. The molecule has 0 radical (unpaired) electrons. The van der Waals surface area contributed by atoms with Crippen LogP contribution < -0.4 is 10.2 Å². The van der Waals surface area contributed by atoms with E-state index in [-0.39, 0.29) is 11.8 Å². The third kappa shape index (κ3) is 3.57. The van der Waals surface area contributed by atoms with Crippen molar-refractivity contribution in [1.29, 1.82) is 0 Å². The summed E-state index contributed by atoms with van der Waals surface area (Å²) in [5.41, 5.74) is 2.79. The molecule has 1 N–H and O–H groups in total. The highest BCUT2D eigenvalue weighted by molar-refractivity contribution is 5.82. The molecule has 0 unspecified atom stereocenters. The Hall–Kier alpha value is -2.44. The predicted molar refractivity (Wildman–Crippen MR) is 99.0 cm³/mol. The Morgan fingerprint density at radius 1 is 1.19 bits per heavy atom. The van der Waals surface area contributed by atoms with Crippen LogP contribution in [-0.2, 0) is 17.8 Å². The Labute approximate surface area is 153 Å². The van der Waals surface area contributed by atoms with Gasteiger partial charge in [-0.05, 0) is 54.2 Å². The molecule has 138 valence electrons. The van der Waals surface area contributed by atoms with Gasteiger partial charge >= 0.3 is 0 Å². The van der Waals surface area contributed by atoms with Crippen molar-refractivity contribution in [2.45, 2.75) is 51.0 Å². The van der Waals surface area contributed by atoms with Crippen LogP contribution in [0.4, 0.5) is 5.69 Å². The number of anilines is 1. The Morgan fingerprint density at radius 2 is 2.12 bits per heavy atom. The van der Waals surface area contributed by atoms with E-state index in [9.17, 15) is 4.79 Å². The summed E-state index contributed by atoms with van der Waals surface area (Å²) in [5, 5.41) is 14.9. The number of para-hydroxylation sites is 1. The Kier molecular flexibility index (Phi) is 5.13. The second-order valence-electron chi connectivity index (χ2n) is 7.17. The van der Waals surface area contributed by atoms with E-state index in [1.165, 1.54) is 24.1 Å². The van der Waals surface area contributed by atoms with Crippen LogP contribution in [0.25, 0.3) is 0 Å². The largest absolute Gasteiger partial charge is 0.371 e. The number of aromatic nitrogens is 4. The van der Waals surface area contributed by atoms with Crippen molar-refractivity contribution in [1.82, 2.24) is 25.5 Å². The summed E-state index contributed by atoms with van der Waals surface area (Å²) in [4.78, 5) is 15.1. The van der Waals surface area contributed by atoms with Gasteiger partial charge in [0.2, 0.25) is 5.91 Å². The fourth-order valence-electron chi connectivity index (χ4n) is 4.06. The number of hydrogen-bond donors (Lipinski definition) is 1. The minimum absolute atomic E-state index is 0.0574. The van der Waals surface area contributed by atoms with Gasteiger partial charge in [0.05, 0.1) is 5.92 Å². The van der Waals surface area contributed by atoms with Crippen LogP contribution in [0.2, 0.25) is 0 Å². The van der Waals surface area contributed by atoms with E-state index in [1.807, 2.05) is 0 Å². The maximum absolute atomic E-state index is 12.6. The standard InChI is InChI=1S/C19H26N6O/c26-19(16-9-3-4-14-25-18(16)21-22-23-25)20-11-6-13-24-12-5-8-15-7-1-2-10-17(15)24/h1-2,7,10,16H,3-6,8-9,11-14H2,(H,20,26)/t16-/m0/s1. The molecule has 2 aliphatic heterocycles. The average molecular weight is 354 g/mol. The fraction of sp³-hybridized carbons (Fsp3) is 0.579. The molecule has 1 aromatic heterocycles. The smallest absolute Gasteiger partial charge is 0.230 e. The highest BCUT2D eigenvalue weighted by atomic mass is 16.1. The number of amides is 1. The number of tetrazole rings is 1. The summed E-state index contributed by atoms with van der Waals surface area (Å²) < 4.78 is 1.78. The molecule has 0 fully saturated rings. The number of carbonyl (C=O) groups is 1. The lowest BCUT2D eigenvalue weighted by Crippen LogP contribution is -2.35. The summed E-state index contributed by atoms with van der Waals surface area (Å²) >= 11 is 0. The molecule has 7 nitrogen and oxygen atoms in total. The normalized spacial score (nSPS) is 19.4. The van der Waals surface area contributed by atoms with E-state index in [0.717, 1.165) is 45.3 Å². The number of carbonyl (C=O) groups excluding carboxylic acids is 1. The average Bonchev–Trinajstić information content (AvgIpc) is 3.04. The van der Waals surface area contributed by atoms with E-state index >= 15 is 0 Å². The quantitative estimate of drug-likeness (QED) is 0.830. The van der Waals surface area contributed by atoms with Crippen molar-refractivity contribution in [3.8, 4) is 0 Å². The zero-order chi connectivity index (χ0) is 17.8. The van der Waals surface area contributed by atoms with Crippen LogP contribution in [0.1, 0.15) is 49.4 Å². The minimum atomic E-state index is -0.219. The van der Waals surface area contributed by atoms with Crippen LogP contribution in [0.5, 0.6) is 0 Å². The van der Waals surface area contributed by atoms with Gasteiger partial charge in [-0.1, -0.05) is 24.6 Å². The first-order chi connectivity index (χ1) is 12.8. The minimum Gasteiger partial charge on any atom is -0.371 e. The van der Waals surface area contributed by atoms with Crippen LogP contribution in [0.3, 0.4) is 0 Å². The third-order valence-electron chi connectivity index (χ3n) is 5.41. The lowest BCUT2D eigenvalue weighted by atomic mass is 10.0. The van der Waals surface area contributed by atoms with Gasteiger partial charge in [0.25, 0.3) is 0 Å². The van der Waals surface area contributed by atoms with Crippen molar-refractivity contribution in [3.63, 3.8) is 0 Å². The molecular formula is C19H26N6O. The highest BCUT2D eigenvalue weighted by Gasteiger charge is 2.28. The van der Waals surface area contributed by atoms with E-state index in [0.29, 0.717) is 12.4 Å². The first kappa shape index (κ1) is 17.0. The third-order valence-corrected chi connectivity index (χ3v) is 5.41. The second kappa shape index (κ2) is 7.85. The molecule has 1 atom stereocenters. The Bertz CT molecular complexity index is 758. The van der Waals surface area contributed by atoms with Gasteiger partial charge in [-0.3, -0.25) is 4.79 Å². The van der Waals surface area contributed by atoms with Gasteiger partial charge < -0.3 is 10.2 Å². The summed E-state index contributed by atoms with van der Waals surface area (Å²) in [5.74, 6) is 0.551. The molecule has 0 spiro atoms. The van der Waals surface area contributed by atoms with E-state index in [4.69, 9.17) is 0 Å². The molecule has 0 aliphatic carbocycles. The number of benzene rings is 1. The van der Waals surface area contributed by atoms with Crippen LogP contribution in [-0.4, -0.2) is 45.7 Å². The molecule has 2 aliphatic rings. The summed E-state index contributed by atoms with van der Waals surface area (Å²) in [6, 6.07) is 8.65. The molecule has 0 saturated carbocycles. The van der Waals surface area contributed by atoms with Crippen LogP contribution in [0, 0.1) is 0 Å². The number of rotatable bonds is 5. The van der Waals surface area contributed by atoms with Crippen LogP contribution >= 0.6 is 0 Å². The van der Waals surface area contributed by atoms with E-state index < -0.39 is 0 Å². The van der Waals surface area contributed by atoms with Crippen LogP contribution in [0.15, 0.2) is 24.3 Å². The number of nitrogens with one attached hydrogen (secondary N) is 1. The van der Waals surface area contributed by atoms with Crippen molar-refractivity contribution >= 4 is 11.6 Å². The fourth-order valence-corrected chi connectivity index (χ4v) is 4.06. The Morgan fingerprint density at radius 3 is 3.08 bits per heavy atom. The first-order valence-corrected chi connectivity index (χ1v) is 9.69. The molecular weight excluding hydrogens is 328 g/mol. The van der Waals surface area contributed by atoms with Gasteiger partial charge in [0, 0.05) is 31.9 Å². The van der Waals surface area contributed by atoms with E-state index in [2.05, 4.69) is 50.0 Å². The summed E-state index contributed by atoms with van der Waals surface area (Å²) in [7, 11) is 0. The zero-order valence-corrected chi connectivity index (χ0v) is 15.1.